The van der Waals surface area contributed by atoms with Crippen LogP contribution < -0.4 is 5.32 Å². The van der Waals surface area contributed by atoms with Crippen LogP contribution in [0.4, 0.5) is 5.69 Å². The topological polar surface area (TPSA) is 113 Å². The lowest BCUT2D eigenvalue weighted by Gasteiger charge is -2.45. The Morgan fingerprint density at radius 3 is 2.32 bits per heavy atom. The van der Waals surface area contributed by atoms with Crippen LogP contribution in [0.2, 0.25) is 0 Å². The van der Waals surface area contributed by atoms with Gasteiger partial charge in [-0.15, -0.1) is 0 Å². The third kappa shape index (κ3) is 5.95. The number of carbonyl (C=O) groups excluding carboxylic acids is 1. The Hall–Kier alpha value is -2.04. The molecule has 1 amide bonds. The minimum absolute atomic E-state index is 0.0326. The fraction of sp³-hybridized carbons (Fsp3) is 0.708. The molecule has 2 aliphatic rings. The minimum atomic E-state index is -3.87. The summed E-state index contributed by atoms with van der Waals surface area (Å²) in [7, 11) is -3.87. The van der Waals surface area contributed by atoms with Gasteiger partial charge in [-0.1, -0.05) is 19.9 Å². The Labute approximate surface area is 203 Å². The smallest absolute Gasteiger partial charge is 0.270 e. The van der Waals surface area contributed by atoms with E-state index in [1.165, 1.54) is 22.9 Å². The van der Waals surface area contributed by atoms with Gasteiger partial charge in [-0.3, -0.25) is 19.8 Å². The van der Waals surface area contributed by atoms with Gasteiger partial charge >= 0.3 is 0 Å². The minimum Gasteiger partial charge on any atom is -0.354 e. The van der Waals surface area contributed by atoms with Gasteiger partial charge in [0.05, 0.1) is 9.82 Å². The lowest BCUT2D eigenvalue weighted by molar-refractivity contribution is -0.385. The molecular formula is C24H38N4O5S. The molecule has 1 N–H and O–H groups in total. The molecule has 2 unspecified atom stereocenters. The van der Waals surface area contributed by atoms with Gasteiger partial charge in [-0.25, -0.2) is 8.42 Å². The van der Waals surface area contributed by atoms with Crippen molar-refractivity contribution in [1.82, 2.24) is 14.5 Å². The van der Waals surface area contributed by atoms with Crippen LogP contribution in [0.1, 0.15) is 52.5 Å². The molecule has 0 aromatic heterocycles. The molecule has 2 fully saturated rings. The lowest BCUT2D eigenvalue weighted by Crippen LogP contribution is -2.56. The maximum absolute atomic E-state index is 13.1. The number of nitro groups is 1. The number of non-ortho nitro benzene ring substituents is 1. The van der Waals surface area contributed by atoms with Gasteiger partial charge in [0.1, 0.15) is 0 Å². The number of nitrogens with zero attached hydrogens (tertiary/aromatic N) is 3. The average molecular weight is 495 g/mol. The molecule has 2 atom stereocenters. The van der Waals surface area contributed by atoms with Crippen molar-refractivity contribution in [2.75, 3.05) is 32.7 Å². The van der Waals surface area contributed by atoms with Gasteiger partial charge in [0.2, 0.25) is 15.9 Å². The predicted molar refractivity (Wildman–Crippen MR) is 131 cm³/mol. The van der Waals surface area contributed by atoms with Gasteiger partial charge < -0.3 is 5.32 Å². The van der Waals surface area contributed by atoms with Crippen LogP contribution >= 0.6 is 0 Å². The Bertz CT molecular complexity index is 1010. The predicted octanol–water partition coefficient (Wildman–Crippen LogP) is 3.18. The molecule has 0 spiro atoms. The third-order valence-electron chi connectivity index (χ3n) is 7.25. The molecule has 10 heteroatoms. The van der Waals surface area contributed by atoms with Crippen molar-refractivity contribution in [1.29, 1.82) is 0 Å². The second kappa shape index (κ2) is 10.3. The van der Waals surface area contributed by atoms with Crippen LogP contribution in [0.3, 0.4) is 0 Å². The van der Waals surface area contributed by atoms with Crippen LogP contribution in [0.15, 0.2) is 23.1 Å². The van der Waals surface area contributed by atoms with Crippen molar-refractivity contribution in [3.63, 3.8) is 0 Å². The average Bonchev–Trinajstić information content (AvgIpc) is 2.77. The number of hydrogen-bond acceptors (Lipinski definition) is 6. The van der Waals surface area contributed by atoms with Crippen molar-refractivity contribution in [3.8, 4) is 0 Å². The van der Waals surface area contributed by atoms with E-state index >= 15 is 0 Å². The first-order valence-corrected chi connectivity index (χ1v) is 13.5. The van der Waals surface area contributed by atoms with E-state index in [0.717, 1.165) is 19.2 Å². The quantitative estimate of drug-likeness (QED) is 0.460. The molecule has 2 saturated heterocycles. The number of hydrogen-bond donors (Lipinski definition) is 1. The number of rotatable bonds is 7. The van der Waals surface area contributed by atoms with Gasteiger partial charge in [-0.05, 0) is 57.4 Å². The van der Waals surface area contributed by atoms with Crippen LogP contribution in [0.5, 0.6) is 0 Å². The van der Waals surface area contributed by atoms with Crippen molar-refractivity contribution in [3.05, 3.63) is 33.9 Å². The highest BCUT2D eigenvalue weighted by molar-refractivity contribution is 7.89. The number of benzene rings is 1. The number of aryl methyl sites for hydroxylation is 1. The van der Waals surface area contributed by atoms with Crippen LogP contribution in [0.25, 0.3) is 0 Å². The first-order valence-electron chi connectivity index (χ1n) is 12.1. The number of sulfonamides is 1. The van der Waals surface area contributed by atoms with E-state index in [9.17, 15) is 23.3 Å². The summed E-state index contributed by atoms with van der Waals surface area (Å²) in [5, 5.41) is 14.2. The molecule has 2 aliphatic heterocycles. The molecule has 0 aliphatic carbocycles. The van der Waals surface area contributed by atoms with E-state index in [4.69, 9.17) is 0 Å². The van der Waals surface area contributed by atoms with Gasteiger partial charge in [-0.2, -0.15) is 4.31 Å². The summed E-state index contributed by atoms with van der Waals surface area (Å²) in [6.45, 7) is 13.5. The summed E-state index contributed by atoms with van der Waals surface area (Å²) in [6.07, 6.45) is 2.09. The summed E-state index contributed by atoms with van der Waals surface area (Å²) < 4.78 is 27.6. The number of piperidine rings is 2. The highest BCUT2D eigenvalue weighted by atomic mass is 32.2. The molecule has 0 radical (unpaired) electrons. The van der Waals surface area contributed by atoms with Crippen LogP contribution in [0, 0.1) is 34.8 Å². The monoisotopic (exact) mass is 494 g/mol. The maximum Gasteiger partial charge on any atom is 0.270 e. The molecule has 1 aromatic rings. The Morgan fingerprint density at radius 1 is 1.18 bits per heavy atom. The van der Waals surface area contributed by atoms with Crippen molar-refractivity contribution in [2.45, 2.75) is 64.3 Å². The van der Waals surface area contributed by atoms with E-state index in [-0.39, 0.29) is 41.0 Å². The van der Waals surface area contributed by atoms with E-state index in [0.29, 0.717) is 36.8 Å². The largest absolute Gasteiger partial charge is 0.354 e. The molecule has 190 valence electrons. The zero-order valence-corrected chi connectivity index (χ0v) is 21.7. The lowest BCUT2D eigenvalue weighted by atomic mass is 9.88. The standard InChI is InChI=1S/C24H38N4O5S/c1-17-12-18(2)15-26(14-17)24(4,5)16-25-23(29)20-8-10-27(11-9-20)34(32,33)22-13-21(28(30)31)7-6-19(22)3/h6-7,13,17-18,20H,8-12,14-16H2,1-5H3,(H,25,29). The number of nitro benzene ring substituents is 1. The summed E-state index contributed by atoms with van der Waals surface area (Å²) in [5.74, 6) is 1.00. The zero-order valence-electron chi connectivity index (χ0n) is 20.9. The number of amides is 1. The second-order valence-electron chi connectivity index (χ2n) is 10.8. The number of carbonyl (C=O) groups is 1. The second-order valence-corrected chi connectivity index (χ2v) is 12.7. The zero-order chi connectivity index (χ0) is 25.3. The van der Waals surface area contributed by atoms with E-state index in [1.807, 2.05) is 0 Å². The van der Waals surface area contributed by atoms with Gasteiger partial charge in [0.25, 0.3) is 5.69 Å². The van der Waals surface area contributed by atoms with Crippen molar-refractivity contribution in [2.24, 2.45) is 17.8 Å². The van der Waals surface area contributed by atoms with Crippen LogP contribution in [-0.4, -0.2) is 66.7 Å². The van der Waals surface area contributed by atoms with Crippen LogP contribution in [-0.2, 0) is 14.8 Å². The number of likely N-dealkylation sites (tertiary alicyclic amines) is 1. The molecule has 2 heterocycles. The fourth-order valence-corrected chi connectivity index (χ4v) is 6.91. The maximum atomic E-state index is 13.1. The number of nitrogens with one attached hydrogen (secondary N) is 1. The first kappa shape index (κ1) is 26.6. The van der Waals surface area contributed by atoms with Gasteiger partial charge in [0, 0.05) is 56.3 Å². The first-order chi connectivity index (χ1) is 15.8. The summed E-state index contributed by atoms with van der Waals surface area (Å²) in [4.78, 5) is 25.8. The molecule has 3 rings (SSSR count). The molecular weight excluding hydrogens is 456 g/mol. The Morgan fingerprint density at radius 2 is 1.76 bits per heavy atom. The van der Waals surface area contributed by atoms with Crippen molar-refractivity contribution < 1.29 is 18.1 Å². The third-order valence-corrected chi connectivity index (χ3v) is 9.29. The van der Waals surface area contributed by atoms with Crippen molar-refractivity contribution >= 4 is 21.6 Å². The van der Waals surface area contributed by atoms with E-state index in [1.54, 1.807) is 6.92 Å². The fourth-order valence-electron chi connectivity index (χ4n) is 5.19. The Kier molecular flexibility index (Phi) is 8.04. The van der Waals surface area contributed by atoms with E-state index in [2.05, 4.69) is 37.9 Å². The molecule has 34 heavy (non-hydrogen) atoms. The SMILES string of the molecule is Cc1ccc([N+](=O)[O-])cc1S(=O)(=O)N1CCC(C(=O)NCC(C)(C)N2CC(C)CC(C)C2)CC1. The molecule has 0 saturated carbocycles. The molecule has 9 nitrogen and oxygen atoms in total. The normalized spacial score (nSPS) is 23.6. The highest BCUT2D eigenvalue weighted by Gasteiger charge is 2.36. The van der Waals surface area contributed by atoms with E-state index < -0.39 is 14.9 Å². The Balaban J connectivity index is 1.57. The molecule has 0 bridgehead atoms. The van der Waals surface area contributed by atoms with Gasteiger partial charge in [0.15, 0.2) is 0 Å². The summed E-state index contributed by atoms with van der Waals surface area (Å²) in [5.41, 5.74) is 0.0648. The summed E-state index contributed by atoms with van der Waals surface area (Å²) in [6, 6.07) is 3.88. The summed E-state index contributed by atoms with van der Waals surface area (Å²) >= 11 is 0. The molecule has 1 aromatic carbocycles. The highest BCUT2D eigenvalue weighted by Crippen LogP contribution is 2.29.